The highest BCUT2D eigenvalue weighted by Gasteiger charge is 2.26. The number of fused-ring (bicyclic) bond motifs is 3. The molecule has 0 aromatic carbocycles. The van der Waals surface area contributed by atoms with E-state index in [0.29, 0.717) is 23.5 Å². The SMILES string of the molecule is CC(C)CCn1c(SC(C)C(=O)NC(N)=O)nc2sc3c(c2c1=O)CCC(C)C3. The number of aromatic nitrogens is 2. The highest BCUT2D eigenvalue weighted by molar-refractivity contribution is 8.00. The van der Waals surface area contributed by atoms with Gasteiger partial charge in [-0.05, 0) is 50.0 Å². The first-order valence-corrected chi connectivity index (χ1v) is 11.7. The Kier molecular flexibility index (Phi) is 6.68. The van der Waals surface area contributed by atoms with Crippen molar-refractivity contribution in [2.24, 2.45) is 17.6 Å². The summed E-state index contributed by atoms with van der Waals surface area (Å²) in [5, 5.41) is 2.76. The normalized spacial score (nSPS) is 17.3. The standard InChI is InChI=1S/C20H28N4O3S2/c1-10(2)7-8-24-18(26)15-13-6-5-11(3)9-14(13)29-17(15)23-20(24)28-12(4)16(25)22-19(21)27/h10-12H,5-9H2,1-4H3,(H3,21,22,25,27). The van der Waals surface area contributed by atoms with Crippen LogP contribution in [0.15, 0.2) is 9.95 Å². The maximum absolute atomic E-state index is 13.4. The molecule has 2 heterocycles. The van der Waals surface area contributed by atoms with E-state index in [-0.39, 0.29) is 5.56 Å². The van der Waals surface area contributed by atoms with Crippen LogP contribution in [0.5, 0.6) is 0 Å². The number of urea groups is 1. The molecular weight excluding hydrogens is 408 g/mol. The number of hydrogen-bond donors (Lipinski definition) is 2. The Morgan fingerprint density at radius 1 is 1.38 bits per heavy atom. The van der Waals surface area contributed by atoms with Crippen molar-refractivity contribution in [2.75, 3.05) is 0 Å². The number of imide groups is 1. The number of rotatable bonds is 6. The van der Waals surface area contributed by atoms with E-state index in [4.69, 9.17) is 10.7 Å². The molecule has 7 nitrogen and oxygen atoms in total. The molecule has 2 aromatic rings. The van der Waals surface area contributed by atoms with Crippen LogP contribution in [-0.2, 0) is 24.2 Å². The van der Waals surface area contributed by atoms with Gasteiger partial charge < -0.3 is 5.73 Å². The van der Waals surface area contributed by atoms with E-state index in [0.717, 1.165) is 41.5 Å². The van der Waals surface area contributed by atoms with Gasteiger partial charge in [-0.1, -0.05) is 32.5 Å². The molecule has 2 aromatic heterocycles. The number of nitrogens with one attached hydrogen (secondary N) is 1. The Bertz CT molecular complexity index is 996. The van der Waals surface area contributed by atoms with Gasteiger partial charge in [-0.25, -0.2) is 9.78 Å². The Labute approximate surface area is 178 Å². The molecule has 0 fully saturated rings. The molecular formula is C20H28N4O3S2. The van der Waals surface area contributed by atoms with Gasteiger partial charge >= 0.3 is 6.03 Å². The van der Waals surface area contributed by atoms with Crippen molar-refractivity contribution >= 4 is 45.3 Å². The largest absolute Gasteiger partial charge is 0.351 e. The number of nitrogens with zero attached hydrogens (tertiary/aromatic N) is 2. The van der Waals surface area contributed by atoms with Gasteiger partial charge in [-0.15, -0.1) is 11.3 Å². The number of hydrogen-bond acceptors (Lipinski definition) is 6. The summed E-state index contributed by atoms with van der Waals surface area (Å²) in [6.07, 6.45) is 3.83. The van der Waals surface area contributed by atoms with Gasteiger partial charge in [0.05, 0.1) is 10.6 Å². The third-order valence-electron chi connectivity index (χ3n) is 5.21. The van der Waals surface area contributed by atoms with Crippen molar-refractivity contribution in [1.82, 2.24) is 14.9 Å². The lowest BCUT2D eigenvalue weighted by Gasteiger charge is -2.18. The Morgan fingerprint density at radius 3 is 2.76 bits per heavy atom. The van der Waals surface area contributed by atoms with Crippen molar-refractivity contribution in [2.45, 2.75) is 70.3 Å². The first kappa shape index (κ1) is 21.8. The average Bonchev–Trinajstić information content (AvgIpc) is 2.97. The third kappa shape index (κ3) is 4.83. The molecule has 0 radical (unpaired) electrons. The number of thiophene rings is 1. The third-order valence-corrected chi connectivity index (χ3v) is 7.45. The summed E-state index contributed by atoms with van der Waals surface area (Å²) >= 11 is 2.78. The van der Waals surface area contributed by atoms with E-state index in [2.05, 4.69) is 26.1 Å². The first-order valence-electron chi connectivity index (χ1n) is 9.99. The van der Waals surface area contributed by atoms with Crippen molar-refractivity contribution in [3.63, 3.8) is 0 Å². The zero-order valence-corrected chi connectivity index (χ0v) is 18.9. The smallest absolute Gasteiger partial charge is 0.318 e. The molecule has 29 heavy (non-hydrogen) atoms. The molecule has 0 aliphatic heterocycles. The molecule has 2 unspecified atom stereocenters. The molecule has 2 atom stereocenters. The van der Waals surface area contributed by atoms with Gasteiger partial charge in [0.15, 0.2) is 5.16 Å². The maximum atomic E-state index is 13.4. The summed E-state index contributed by atoms with van der Waals surface area (Å²) in [4.78, 5) is 43.4. The summed E-state index contributed by atoms with van der Waals surface area (Å²) in [6.45, 7) is 8.68. The predicted octanol–water partition coefficient (Wildman–Crippen LogP) is 3.30. The average molecular weight is 437 g/mol. The lowest BCUT2D eigenvalue weighted by Crippen LogP contribution is -2.39. The molecule has 3 N–H and O–H groups in total. The van der Waals surface area contributed by atoms with Crippen LogP contribution in [0, 0.1) is 11.8 Å². The number of primary amides is 1. The van der Waals surface area contributed by atoms with Gasteiger partial charge in [-0.2, -0.15) is 0 Å². The van der Waals surface area contributed by atoms with Crippen molar-refractivity contribution < 1.29 is 9.59 Å². The van der Waals surface area contributed by atoms with E-state index < -0.39 is 17.2 Å². The van der Waals surface area contributed by atoms with Crippen LogP contribution in [0.3, 0.4) is 0 Å². The summed E-state index contributed by atoms with van der Waals surface area (Å²) < 4.78 is 1.70. The van der Waals surface area contributed by atoms with Gasteiger partial charge in [0, 0.05) is 11.4 Å². The minimum absolute atomic E-state index is 0.0206. The summed E-state index contributed by atoms with van der Waals surface area (Å²) in [5.74, 6) is 0.555. The Hall–Kier alpha value is -1.87. The second-order valence-corrected chi connectivity index (χ2v) is 10.6. The van der Waals surface area contributed by atoms with Crippen LogP contribution >= 0.6 is 23.1 Å². The lowest BCUT2D eigenvalue weighted by molar-refractivity contribution is -0.119. The van der Waals surface area contributed by atoms with Gasteiger partial charge in [0.2, 0.25) is 5.91 Å². The maximum Gasteiger partial charge on any atom is 0.318 e. The molecule has 3 rings (SSSR count). The van der Waals surface area contributed by atoms with Gasteiger partial charge in [-0.3, -0.25) is 19.5 Å². The van der Waals surface area contributed by atoms with E-state index in [1.807, 2.05) is 0 Å². The predicted molar refractivity (Wildman–Crippen MR) is 118 cm³/mol. The zero-order valence-electron chi connectivity index (χ0n) is 17.3. The lowest BCUT2D eigenvalue weighted by atomic mass is 9.89. The summed E-state index contributed by atoms with van der Waals surface area (Å²) in [7, 11) is 0. The summed E-state index contributed by atoms with van der Waals surface area (Å²) in [5.41, 5.74) is 6.19. The summed E-state index contributed by atoms with van der Waals surface area (Å²) in [6, 6.07) is -0.886. The van der Waals surface area contributed by atoms with E-state index in [1.54, 1.807) is 22.8 Å². The van der Waals surface area contributed by atoms with Crippen LogP contribution < -0.4 is 16.6 Å². The topological polar surface area (TPSA) is 107 Å². The monoisotopic (exact) mass is 436 g/mol. The quantitative estimate of drug-likeness (QED) is 0.534. The van der Waals surface area contributed by atoms with E-state index >= 15 is 0 Å². The molecule has 1 aliphatic rings. The van der Waals surface area contributed by atoms with Crippen LogP contribution in [0.25, 0.3) is 10.2 Å². The minimum atomic E-state index is -0.886. The minimum Gasteiger partial charge on any atom is -0.351 e. The number of carbonyl (C=O) groups is 2. The van der Waals surface area contributed by atoms with E-state index in [1.165, 1.54) is 16.6 Å². The number of aryl methyl sites for hydroxylation is 1. The molecule has 0 saturated carbocycles. The second kappa shape index (κ2) is 8.87. The van der Waals surface area contributed by atoms with Crippen LogP contribution in [0.1, 0.15) is 51.0 Å². The second-order valence-electron chi connectivity index (χ2n) is 8.18. The van der Waals surface area contributed by atoms with Crippen LogP contribution in [-0.4, -0.2) is 26.7 Å². The fourth-order valence-corrected chi connectivity index (χ4v) is 5.87. The van der Waals surface area contributed by atoms with E-state index in [9.17, 15) is 14.4 Å². The number of nitrogens with two attached hydrogens (primary N) is 1. The van der Waals surface area contributed by atoms with Gasteiger partial charge in [0.1, 0.15) is 4.83 Å². The molecule has 9 heteroatoms. The van der Waals surface area contributed by atoms with Crippen LogP contribution in [0.2, 0.25) is 0 Å². The van der Waals surface area contributed by atoms with Crippen LogP contribution in [0.4, 0.5) is 4.79 Å². The Morgan fingerprint density at radius 2 is 2.10 bits per heavy atom. The highest BCUT2D eigenvalue weighted by atomic mass is 32.2. The number of carbonyl (C=O) groups excluding carboxylic acids is 2. The van der Waals surface area contributed by atoms with Gasteiger partial charge in [0.25, 0.3) is 5.56 Å². The Balaban J connectivity index is 2.05. The highest BCUT2D eigenvalue weighted by Crippen LogP contribution is 2.37. The molecule has 1 aliphatic carbocycles. The zero-order chi connectivity index (χ0) is 21.3. The molecule has 3 amide bonds. The van der Waals surface area contributed by atoms with Crippen molar-refractivity contribution in [3.8, 4) is 0 Å². The molecule has 0 saturated heterocycles. The fourth-order valence-electron chi connectivity index (χ4n) is 3.51. The fraction of sp³-hybridized carbons (Fsp3) is 0.600. The van der Waals surface area contributed by atoms with Crippen molar-refractivity contribution in [1.29, 1.82) is 0 Å². The first-order chi connectivity index (χ1) is 13.7. The van der Waals surface area contributed by atoms with Crippen molar-refractivity contribution in [3.05, 3.63) is 20.8 Å². The number of thioether (sulfide) groups is 1. The molecule has 158 valence electrons. The molecule has 0 spiro atoms. The molecule has 0 bridgehead atoms. The number of amides is 3.